The van der Waals surface area contributed by atoms with Crippen LogP contribution in [0.2, 0.25) is 5.02 Å². The summed E-state index contributed by atoms with van der Waals surface area (Å²) >= 11 is 5.96. The van der Waals surface area contributed by atoms with Crippen LogP contribution in [-0.4, -0.2) is 39.2 Å². The molecule has 2 aromatic heterocycles. The fraction of sp³-hybridized carbons (Fsp3) is 0.429. The van der Waals surface area contributed by atoms with Crippen LogP contribution in [0.5, 0.6) is 0 Å². The monoisotopic (exact) mass is 374 g/mol. The third-order valence-electron chi connectivity index (χ3n) is 3.97. The molecule has 0 saturated carbocycles. The van der Waals surface area contributed by atoms with Gasteiger partial charge in [-0.15, -0.1) is 0 Å². The molecule has 0 aliphatic carbocycles. The summed E-state index contributed by atoms with van der Waals surface area (Å²) in [5.41, 5.74) is -0.887. The van der Waals surface area contributed by atoms with Crippen molar-refractivity contribution in [3.05, 3.63) is 29.2 Å². The van der Waals surface area contributed by atoms with Crippen molar-refractivity contribution < 1.29 is 18.0 Å². The van der Waals surface area contributed by atoms with Crippen molar-refractivity contribution in [2.45, 2.75) is 19.0 Å². The van der Waals surface area contributed by atoms with Gasteiger partial charge in [-0.05, 0) is 18.9 Å². The highest BCUT2D eigenvalue weighted by atomic mass is 35.5. The lowest BCUT2D eigenvalue weighted by molar-refractivity contribution is -0.137. The first kappa shape index (κ1) is 17.5. The lowest BCUT2D eigenvalue weighted by Gasteiger charge is -2.32. The van der Waals surface area contributed by atoms with E-state index in [2.05, 4.69) is 25.5 Å². The van der Waals surface area contributed by atoms with Crippen molar-refractivity contribution in [1.29, 1.82) is 0 Å². The average Bonchev–Trinajstić information content (AvgIpc) is 3.07. The Hall–Kier alpha value is -2.36. The van der Waals surface area contributed by atoms with Gasteiger partial charge in [-0.25, -0.2) is 10.1 Å². The van der Waals surface area contributed by atoms with Crippen molar-refractivity contribution in [3.63, 3.8) is 0 Å². The summed E-state index contributed by atoms with van der Waals surface area (Å²) in [7, 11) is 0. The van der Waals surface area contributed by atoms with Gasteiger partial charge in [-0.1, -0.05) is 11.6 Å². The van der Waals surface area contributed by atoms with Gasteiger partial charge < -0.3 is 4.90 Å². The second kappa shape index (κ2) is 6.87. The maximum Gasteiger partial charge on any atom is 0.417 e. The molecule has 0 atom stereocenters. The molecule has 0 spiro atoms. The first-order valence-corrected chi connectivity index (χ1v) is 7.86. The Morgan fingerprint density at radius 1 is 1.32 bits per heavy atom. The van der Waals surface area contributed by atoms with E-state index in [0.717, 1.165) is 12.3 Å². The van der Waals surface area contributed by atoms with Crippen molar-refractivity contribution in [1.82, 2.24) is 20.2 Å². The summed E-state index contributed by atoms with van der Waals surface area (Å²) in [6.07, 6.45) is -1.38. The van der Waals surface area contributed by atoms with E-state index in [-0.39, 0.29) is 22.8 Å². The molecule has 7 nitrogen and oxygen atoms in total. The number of pyridine rings is 1. The van der Waals surface area contributed by atoms with E-state index in [1.54, 1.807) is 4.90 Å². The number of piperidine rings is 1. The lowest BCUT2D eigenvalue weighted by atomic mass is 9.96. The highest BCUT2D eigenvalue weighted by Gasteiger charge is 2.33. The third-order valence-corrected chi connectivity index (χ3v) is 4.25. The van der Waals surface area contributed by atoms with E-state index >= 15 is 0 Å². The van der Waals surface area contributed by atoms with Crippen molar-refractivity contribution >= 4 is 29.3 Å². The number of hydrogen-bond acceptors (Lipinski definition) is 5. The third kappa shape index (κ3) is 4.01. The molecule has 2 N–H and O–H groups in total. The molecule has 1 saturated heterocycles. The van der Waals surface area contributed by atoms with Crippen molar-refractivity contribution in [2.75, 3.05) is 23.3 Å². The van der Waals surface area contributed by atoms with Gasteiger partial charge in [0.05, 0.1) is 10.6 Å². The fourth-order valence-electron chi connectivity index (χ4n) is 2.66. The Bertz CT molecular complexity index is 744. The molecule has 1 fully saturated rings. The molecule has 3 rings (SSSR count). The number of nitrogens with one attached hydrogen (secondary N) is 2. The molecule has 2 aromatic rings. The molecule has 0 bridgehead atoms. The van der Waals surface area contributed by atoms with E-state index in [0.29, 0.717) is 31.7 Å². The SMILES string of the molecule is O=C(Nc1ncn[nH]1)C1CCN(c2ncc(C(F)(F)F)cc2Cl)CC1. The van der Waals surface area contributed by atoms with Gasteiger partial charge in [0.2, 0.25) is 11.9 Å². The molecule has 3 heterocycles. The number of carbonyl (C=O) groups excluding carboxylic acids is 1. The Morgan fingerprint density at radius 2 is 2.04 bits per heavy atom. The molecule has 11 heteroatoms. The Balaban J connectivity index is 1.61. The predicted octanol–water partition coefficient (Wildman–Crippen LogP) is 2.73. The number of amides is 1. The molecule has 1 aliphatic heterocycles. The molecule has 25 heavy (non-hydrogen) atoms. The quantitative estimate of drug-likeness (QED) is 0.862. The smallest absolute Gasteiger partial charge is 0.355 e. The number of aromatic amines is 1. The molecule has 134 valence electrons. The molecular weight excluding hydrogens is 361 g/mol. The fourth-order valence-corrected chi connectivity index (χ4v) is 2.94. The maximum absolute atomic E-state index is 12.7. The Morgan fingerprint density at radius 3 is 2.60 bits per heavy atom. The van der Waals surface area contributed by atoms with Crippen molar-refractivity contribution in [2.24, 2.45) is 5.92 Å². The minimum absolute atomic E-state index is 0.0561. The van der Waals surface area contributed by atoms with E-state index in [1.807, 2.05) is 0 Å². The van der Waals surface area contributed by atoms with E-state index in [1.165, 1.54) is 6.33 Å². The van der Waals surface area contributed by atoms with Crippen LogP contribution >= 0.6 is 11.6 Å². The first-order valence-electron chi connectivity index (χ1n) is 7.48. The second-order valence-corrected chi connectivity index (χ2v) is 6.02. The Kier molecular flexibility index (Phi) is 4.80. The number of rotatable bonds is 3. The van der Waals surface area contributed by atoms with Gasteiger partial charge in [-0.3, -0.25) is 10.1 Å². The highest BCUT2D eigenvalue weighted by Crippen LogP contribution is 2.34. The van der Waals surface area contributed by atoms with Crippen LogP contribution in [0.25, 0.3) is 0 Å². The van der Waals surface area contributed by atoms with E-state index in [9.17, 15) is 18.0 Å². The molecule has 1 aliphatic rings. The predicted molar refractivity (Wildman–Crippen MR) is 84.2 cm³/mol. The molecule has 0 aromatic carbocycles. The lowest BCUT2D eigenvalue weighted by Crippen LogP contribution is -2.38. The second-order valence-electron chi connectivity index (χ2n) is 5.61. The molecular formula is C14H14ClF3N6O. The van der Waals surface area contributed by atoms with Gasteiger partial charge in [-0.2, -0.15) is 23.3 Å². The summed E-state index contributed by atoms with van der Waals surface area (Å²) < 4.78 is 38.0. The van der Waals surface area contributed by atoms with Crippen LogP contribution in [0.4, 0.5) is 24.9 Å². The van der Waals surface area contributed by atoms with Crippen LogP contribution in [0.3, 0.4) is 0 Å². The van der Waals surface area contributed by atoms with Crippen molar-refractivity contribution in [3.8, 4) is 0 Å². The van der Waals surface area contributed by atoms with Gasteiger partial charge in [0, 0.05) is 25.2 Å². The normalized spacial score (nSPS) is 16.1. The standard InChI is InChI=1S/C14H14ClF3N6O/c15-10-5-9(14(16,17)18)6-19-11(10)24-3-1-8(2-4-24)12(25)22-13-20-7-21-23-13/h5-8H,1-4H2,(H2,20,21,22,23,25). The zero-order valence-electron chi connectivity index (χ0n) is 12.8. The number of halogens is 4. The van der Waals surface area contributed by atoms with Gasteiger partial charge in [0.25, 0.3) is 0 Å². The molecule has 0 radical (unpaired) electrons. The number of aromatic nitrogens is 4. The number of nitrogens with zero attached hydrogens (tertiary/aromatic N) is 4. The number of anilines is 2. The zero-order valence-corrected chi connectivity index (χ0v) is 13.6. The number of H-pyrrole nitrogens is 1. The Labute approximate surface area is 145 Å². The molecule has 0 unspecified atom stereocenters. The summed E-state index contributed by atoms with van der Waals surface area (Å²) in [5.74, 6) is 0.168. The van der Waals surface area contributed by atoms with Crippen LogP contribution in [0, 0.1) is 5.92 Å². The summed E-state index contributed by atoms with van der Waals surface area (Å²) in [6.45, 7) is 0.930. The zero-order chi connectivity index (χ0) is 18.0. The largest absolute Gasteiger partial charge is 0.417 e. The van der Waals surface area contributed by atoms with Crippen LogP contribution in [0.15, 0.2) is 18.6 Å². The number of carbonyl (C=O) groups is 1. The van der Waals surface area contributed by atoms with Crippen LogP contribution in [0.1, 0.15) is 18.4 Å². The topological polar surface area (TPSA) is 86.8 Å². The highest BCUT2D eigenvalue weighted by molar-refractivity contribution is 6.33. The molecule has 1 amide bonds. The van der Waals surface area contributed by atoms with Gasteiger partial charge in [0.1, 0.15) is 12.1 Å². The minimum Gasteiger partial charge on any atom is -0.355 e. The number of hydrogen-bond donors (Lipinski definition) is 2. The summed E-state index contributed by atoms with van der Waals surface area (Å²) in [5, 5.41) is 8.76. The van der Waals surface area contributed by atoms with Gasteiger partial charge in [0.15, 0.2) is 0 Å². The van der Waals surface area contributed by atoms with Gasteiger partial charge >= 0.3 is 6.18 Å². The van der Waals surface area contributed by atoms with Crippen LogP contribution < -0.4 is 10.2 Å². The summed E-state index contributed by atoms with van der Waals surface area (Å²) in [6, 6.07) is 0.868. The minimum atomic E-state index is -4.49. The average molecular weight is 375 g/mol. The van der Waals surface area contributed by atoms with Crippen LogP contribution in [-0.2, 0) is 11.0 Å². The summed E-state index contributed by atoms with van der Waals surface area (Å²) in [4.78, 5) is 21.6. The van der Waals surface area contributed by atoms with E-state index < -0.39 is 11.7 Å². The van der Waals surface area contributed by atoms with E-state index in [4.69, 9.17) is 11.6 Å². The number of alkyl halides is 3. The first-order chi connectivity index (χ1) is 11.8. The maximum atomic E-state index is 12.7.